The molecule has 0 radical (unpaired) electrons. The van der Waals surface area contributed by atoms with Crippen LogP contribution in [0.25, 0.3) is 0 Å². The predicted octanol–water partition coefficient (Wildman–Crippen LogP) is 5.65. The van der Waals surface area contributed by atoms with Gasteiger partial charge in [0.1, 0.15) is 0 Å². The van der Waals surface area contributed by atoms with Gasteiger partial charge in [0.2, 0.25) is 0 Å². The summed E-state index contributed by atoms with van der Waals surface area (Å²) in [6, 6.07) is 11.0. The van der Waals surface area contributed by atoms with Crippen LogP contribution < -0.4 is 5.73 Å². The fourth-order valence-electron chi connectivity index (χ4n) is 1.83. The van der Waals surface area contributed by atoms with Gasteiger partial charge in [-0.15, -0.1) is 0 Å². The van der Waals surface area contributed by atoms with Crippen molar-refractivity contribution >= 4 is 50.7 Å². The molecule has 100 valence electrons. The maximum absolute atomic E-state index is 6.22. The zero-order valence-electron chi connectivity index (χ0n) is 9.84. The van der Waals surface area contributed by atoms with Gasteiger partial charge < -0.3 is 5.73 Å². The minimum Gasteiger partial charge on any atom is -0.324 e. The molecule has 1 unspecified atom stereocenters. The third-order valence-electron chi connectivity index (χ3n) is 2.80. The van der Waals surface area contributed by atoms with E-state index in [0.717, 1.165) is 15.6 Å². The van der Waals surface area contributed by atoms with Crippen LogP contribution in [-0.4, -0.2) is 0 Å². The van der Waals surface area contributed by atoms with Crippen LogP contribution >= 0.6 is 50.7 Å². The lowest BCUT2D eigenvalue weighted by atomic mass is 10.00. The molecule has 5 heteroatoms. The van der Waals surface area contributed by atoms with Crippen LogP contribution in [-0.2, 0) is 6.42 Å². The van der Waals surface area contributed by atoms with Gasteiger partial charge >= 0.3 is 0 Å². The minimum absolute atomic E-state index is 0.135. The zero-order chi connectivity index (χ0) is 14.0. The summed E-state index contributed by atoms with van der Waals surface area (Å²) in [5, 5.41) is 1.77. The van der Waals surface area contributed by atoms with Crippen molar-refractivity contribution in [3.63, 3.8) is 0 Å². The van der Waals surface area contributed by atoms with E-state index in [2.05, 4.69) is 15.9 Å². The van der Waals surface area contributed by atoms with E-state index >= 15 is 0 Å². The highest BCUT2D eigenvalue weighted by Crippen LogP contribution is 2.29. The summed E-state index contributed by atoms with van der Waals surface area (Å²) in [4.78, 5) is 0. The first-order valence-electron chi connectivity index (χ1n) is 5.62. The van der Waals surface area contributed by atoms with E-state index in [1.807, 2.05) is 30.3 Å². The molecule has 1 nitrogen and oxygen atoms in total. The molecule has 0 aliphatic rings. The first kappa shape index (κ1) is 15.1. The Bertz CT molecular complexity index is 601. The average molecular weight is 380 g/mol. The van der Waals surface area contributed by atoms with Crippen LogP contribution in [0.2, 0.25) is 15.1 Å². The Morgan fingerprint density at radius 1 is 1.00 bits per heavy atom. The molecular weight excluding hydrogens is 368 g/mol. The lowest BCUT2D eigenvalue weighted by Crippen LogP contribution is -2.14. The SMILES string of the molecule is NC(Cc1ccc(Cl)c(Cl)c1)c1ccc(Cl)cc1Br. The number of benzene rings is 2. The van der Waals surface area contributed by atoms with Gasteiger partial charge in [0.05, 0.1) is 10.0 Å². The lowest BCUT2D eigenvalue weighted by molar-refractivity contribution is 0.718. The van der Waals surface area contributed by atoms with E-state index in [0.29, 0.717) is 21.5 Å². The Kier molecular flexibility index (Phi) is 5.15. The average Bonchev–Trinajstić information content (AvgIpc) is 2.33. The maximum Gasteiger partial charge on any atom is 0.0595 e. The van der Waals surface area contributed by atoms with Crippen molar-refractivity contribution in [3.8, 4) is 0 Å². The van der Waals surface area contributed by atoms with Crippen molar-refractivity contribution in [3.05, 3.63) is 67.1 Å². The summed E-state index contributed by atoms with van der Waals surface area (Å²) in [5.74, 6) is 0. The van der Waals surface area contributed by atoms with Crippen LogP contribution in [0.5, 0.6) is 0 Å². The molecule has 0 aromatic heterocycles. The van der Waals surface area contributed by atoms with Crippen molar-refractivity contribution in [1.82, 2.24) is 0 Å². The van der Waals surface area contributed by atoms with E-state index in [1.54, 1.807) is 6.07 Å². The molecule has 0 heterocycles. The first-order chi connectivity index (χ1) is 8.97. The third-order valence-corrected chi connectivity index (χ3v) is 4.46. The molecule has 0 saturated heterocycles. The smallest absolute Gasteiger partial charge is 0.0595 e. The second-order valence-corrected chi connectivity index (χ2v) is 6.33. The maximum atomic E-state index is 6.22. The monoisotopic (exact) mass is 377 g/mol. The minimum atomic E-state index is -0.135. The van der Waals surface area contributed by atoms with Gasteiger partial charge in [0.25, 0.3) is 0 Å². The summed E-state index contributed by atoms with van der Waals surface area (Å²) >= 11 is 21.3. The molecule has 0 aliphatic heterocycles. The Hall–Kier alpha value is -0.250. The second-order valence-electron chi connectivity index (χ2n) is 4.22. The molecule has 19 heavy (non-hydrogen) atoms. The zero-order valence-corrected chi connectivity index (χ0v) is 13.7. The second kappa shape index (κ2) is 6.47. The number of nitrogens with two attached hydrogens (primary N) is 1. The molecule has 0 saturated carbocycles. The van der Waals surface area contributed by atoms with E-state index in [-0.39, 0.29) is 6.04 Å². The van der Waals surface area contributed by atoms with E-state index in [1.165, 1.54) is 0 Å². The molecule has 1 atom stereocenters. The van der Waals surface area contributed by atoms with E-state index in [4.69, 9.17) is 40.5 Å². The topological polar surface area (TPSA) is 26.0 Å². The molecule has 0 fully saturated rings. The molecular formula is C14H11BrCl3N. The third kappa shape index (κ3) is 3.87. The quantitative estimate of drug-likeness (QED) is 0.732. The van der Waals surface area contributed by atoms with Crippen LogP contribution in [0, 0.1) is 0 Å². The molecule has 2 aromatic rings. The normalized spacial score (nSPS) is 12.5. The standard InChI is InChI=1S/C14H11BrCl3N/c15-11-7-9(16)2-3-10(11)14(19)6-8-1-4-12(17)13(18)5-8/h1-5,7,14H,6,19H2. The van der Waals surface area contributed by atoms with E-state index in [9.17, 15) is 0 Å². The summed E-state index contributed by atoms with van der Waals surface area (Å²) in [6.45, 7) is 0. The van der Waals surface area contributed by atoms with Crippen molar-refractivity contribution < 1.29 is 0 Å². The molecule has 2 aromatic carbocycles. The van der Waals surface area contributed by atoms with Gasteiger partial charge in [0, 0.05) is 15.5 Å². The van der Waals surface area contributed by atoms with Crippen molar-refractivity contribution in [2.24, 2.45) is 5.73 Å². The number of hydrogen-bond donors (Lipinski definition) is 1. The van der Waals surface area contributed by atoms with Crippen molar-refractivity contribution in [2.75, 3.05) is 0 Å². The van der Waals surface area contributed by atoms with Crippen LogP contribution in [0.3, 0.4) is 0 Å². The van der Waals surface area contributed by atoms with Gasteiger partial charge in [-0.2, -0.15) is 0 Å². The summed E-state index contributed by atoms with van der Waals surface area (Å²) in [5.41, 5.74) is 8.27. The largest absolute Gasteiger partial charge is 0.324 e. The molecule has 2 rings (SSSR count). The van der Waals surface area contributed by atoms with Gasteiger partial charge in [-0.1, -0.05) is 62.9 Å². The van der Waals surface area contributed by atoms with Gasteiger partial charge in [-0.3, -0.25) is 0 Å². The highest BCUT2D eigenvalue weighted by molar-refractivity contribution is 9.10. The molecule has 0 spiro atoms. The summed E-state index contributed by atoms with van der Waals surface area (Å²) < 4.78 is 0.910. The highest BCUT2D eigenvalue weighted by Gasteiger charge is 2.12. The van der Waals surface area contributed by atoms with E-state index < -0.39 is 0 Å². The van der Waals surface area contributed by atoms with Gasteiger partial charge in [0.15, 0.2) is 0 Å². The number of halogens is 4. The van der Waals surface area contributed by atoms with Crippen LogP contribution in [0.15, 0.2) is 40.9 Å². The summed E-state index contributed by atoms with van der Waals surface area (Å²) in [7, 11) is 0. The van der Waals surface area contributed by atoms with Gasteiger partial charge in [-0.25, -0.2) is 0 Å². The summed E-state index contributed by atoms with van der Waals surface area (Å²) in [6.07, 6.45) is 0.678. The molecule has 0 aliphatic carbocycles. The van der Waals surface area contributed by atoms with Gasteiger partial charge in [-0.05, 0) is 41.8 Å². The number of rotatable bonds is 3. The fraction of sp³-hybridized carbons (Fsp3) is 0.143. The molecule has 0 amide bonds. The molecule has 2 N–H and O–H groups in total. The Balaban J connectivity index is 2.20. The predicted molar refractivity (Wildman–Crippen MR) is 86.2 cm³/mol. The highest BCUT2D eigenvalue weighted by atomic mass is 79.9. The van der Waals surface area contributed by atoms with Crippen molar-refractivity contribution in [1.29, 1.82) is 0 Å². The number of hydrogen-bond acceptors (Lipinski definition) is 1. The fourth-order valence-corrected chi connectivity index (χ4v) is 3.13. The Labute approximate surface area is 135 Å². The first-order valence-corrected chi connectivity index (χ1v) is 7.54. The molecule has 0 bridgehead atoms. The Morgan fingerprint density at radius 3 is 2.37 bits per heavy atom. The van der Waals surface area contributed by atoms with Crippen LogP contribution in [0.1, 0.15) is 17.2 Å². The van der Waals surface area contributed by atoms with Crippen LogP contribution in [0.4, 0.5) is 0 Å². The van der Waals surface area contributed by atoms with Crippen molar-refractivity contribution in [2.45, 2.75) is 12.5 Å². The lowest BCUT2D eigenvalue weighted by Gasteiger charge is -2.14. The Morgan fingerprint density at radius 2 is 1.74 bits per heavy atom.